The summed E-state index contributed by atoms with van der Waals surface area (Å²) in [6.07, 6.45) is 0. The lowest BCUT2D eigenvalue weighted by atomic mass is 10.0. The van der Waals surface area contributed by atoms with Crippen LogP contribution in [0, 0.1) is 0 Å². The van der Waals surface area contributed by atoms with E-state index >= 15 is 0 Å². The Hall–Kier alpha value is -2.96. The minimum Gasteiger partial charge on any atom is -0.270 e. The van der Waals surface area contributed by atoms with Crippen molar-refractivity contribution in [2.75, 3.05) is 9.96 Å². The molecule has 2 bridgehead atoms. The third-order valence-electron chi connectivity index (χ3n) is 6.02. The van der Waals surface area contributed by atoms with Gasteiger partial charge in [-0.15, -0.1) is 0 Å². The van der Waals surface area contributed by atoms with Gasteiger partial charge in [0.25, 0.3) is 11.0 Å². The van der Waals surface area contributed by atoms with Crippen LogP contribution in [0.15, 0.2) is 109 Å². The van der Waals surface area contributed by atoms with E-state index in [1.165, 1.54) is 11.8 Å². The van der Waals surface area contributed by atoms with Gasteiger partial charge in [-0.1, -0.05) is 95.6 Å². The zero-order valence-electron chi connectivity index (χ0n) is 17.8. The van der Waals surface area contributed by atoms with Crippen LogP contribution in [0.5, 0.6) is 0 Å². The molecule has 0 N–H and O–H groups in total. The molecular weight excluding hydrogens is 487 g/mol. The second-order valence-electron chi connectivity index (χ2n) is 8.04. The summed E-state index contributed by atoms with van der Waals surface area (Å²) in [5.74, 6) is -0.101. The molecule has 4 aromatic carbocycles. The number of halogens is 2. The Labute approximate surface area is 211 Å². The molecule has 2 heterocycles. The molecule has 2 aliphatic heterocycles. The Morgan fingerprint density at radius 2 is 1.15 bits per heavy atom. The van der Waals surface area contributed by atoms with Crippen LogP contribution in [0.2, 0.25) is 10.0 Å². The fourth-order valence-corrected chi connectivity index (χ4v) is 6.45. The van der Waals surface area contributed by atoms with E-state index in [2.05, 4.69) is 0 Å². The molecule has 7 heteroatoms. The predicted molar refractivity (Wildman–Crippen MR) is 138 cm³/mol. The van der Waals surface area contributed by atoms with Gasteiger partial charge < -0.3 is 0 Å². The van der Waals surface area contributed by atoms with E-state index in [0.717, 1.165) is 16.8 Å². The van der Waals surface area contributed by atoms with Crippen molar-refractivity contribution in [2.24, 2.45) is 0 Å². The number of carbonyl (C=O) groups is 1. The van der Waals surface area contributed by atoms with Gasteiger partial charge in [0.05, 0.1) is 5.69 Å². The van der Waals surface area contributed by atoms with E-state index in [9.17, 15) is 4.79 Å². The Bertz CT molecular complexity index is 1350. The molecule has 0 unspecified atom stereocenters. The first-order valence-corrected chi connectivity index (χ1v) is 12.3. The number of amides is 1. The highest BCUT2D eigenvalue weighted by Crippen LogP contribution is 2.68. The third kappa shape index (κ3) is 3.08. The van der Waals surface area contributed by atoms with E-state index < -0.39 is 9.93 Å². The van der Waals surface area contributed by atoms with Crippen LogP contribution in [0.25, 0.3) is 0 Å². The lowest BCUT2D eigenvalue weighted by molar-refractivity contribution is -0.133. The normalized spacial score (nSPS) is 23.5. The minimum atomic E-state index is -1.15. The quantitative estimate of drug-likeness (QED) is 0.294. The molecule has 0 radical (unpaired) electrons. The molecule has 34 heavy (non-hydrogen) atoms. The number of rotatable bonds is 4. The summed E-state index contributed by atoms with van der Waals surface area (Å²) in [6.45, 7) is 0. The number of thioether (sulfide) groups is 1. The summed E-state index contributed by atoms with van der Waals surface area (Å²) in [5.41, 5.74) is 3.13. The molecule has 2 fully saturated rings. The summed E-state index contributed by atoms with van der Waals surface area (Å²) in [4.78, 5) is 21.9. The maximum Gasteiger partial charge on any atom is 0.274 e. The largest absolute Gasteiger partial charge is 0.274 e. The number of hydroxylamine groups is 1. The second-order valence-corrected chi connectivity index (χ2v) is 10.3. The fourth-order valence-electron chi connectivity index (χ4n) is 4.49. The standard InChI is InChI=1S/C27H18Cl2N2O2S/c28-21-11-15-23(16-12-21)30-25(32)26(19-7-3-1-4-8-19)31(24-17-13-22(29)14-18-24)33-27(30,34-26)20-9-5-2-6-10-20/h1-18H/t26-,27+/m1/s1. The van der Waals surface area contributed by atoms with Crippen LogP contribution in [0.1, 0.15) is 11.1 Å². The predicted octanol–water partition coefficient (Wildman–Crippen LogP) is 7.19. The van der Waals surface area contributed by atoms with E-state index in [4.69, 9.17) is 28.0 Å². The molecule has 168 valence electrons. The maximum absolute atomic E-state index is 14.5. The van der Waals surface area contributed by atoms with Crippen molar-refractivity contribution in [3.63, 3.8) is 0 Å². The lowest BCUT2D eigenvalue weighted by Crippen LogP contribution is -2.58. The molecule has 1 amide bonds. The van der Waals surface area contributed by atoms with Crippen molar-refractivity contribution in [2.45, 2.75) is 9.93 Å². The van der Waals surface area contributed by atoms with Crippen molar-refractivity contribution < 1.29 is 9.63 Å². The monoisotopic (exact) mass is 504 g/mol. The topological polar surface area (TPSA) is 32.8 Å². The summed E-state index contributed by atoms with van der Waals surface area (Å²) in [7, 11) is 0. The molecule has 0 saturated carbocycles. The van der Waals surface area contributed by atoms with Crippen LogP contribution in [-0.2, 0) is 19.6 Å². The molecule has 6 rings (SSSR count). The smallest absolute Gasteiger partial charge is 0.270 e. The minimum absolute atomic E-state index is 0.101. The van der Waals surface area contributed by atoms with Crippen LogP contribution in [0.4, 0.5) is 11.4 Å². The second kappa shape index (κ2) is 8.07. The van der Waals surface area contributed by atoms with E-state index in [0.29, 0.717) is 15.7 Å². The van der Waals surface area contributed by atoms with Gasteiger partial charge in [-0.25, -0.2) is 9.90 Å². The van der Waals surface area contributed by atoms with Gasteiger partial charge >= 0.3 is 0 Å². The van der Waals surface area contributed by atoms with Crippen molar-refractivity contribution in [1.82, 2.24) is 0 Å². The number of fused-ring (bicyclic) bond motifs is 2. The molecule has 2 saturated heterocycles. The Morgan fingerprint density at radius 3 is 1.71 bits per heavy atom. The molecule has 0 aromatic heterocycles. The molecular formula is C27H18Cl2N2O2S. The van der Waals surface area contributed by atoms with E-state index in [-0.39, 0.29) is 5.91 Å². The summed E-state index contributed by atoms with van der Waals surface area (Å²) in [5, 5.41) is 1.82. The van der Waals surface area contributed by atoms with Crippen molar-refractivity contribution in [3.8, 4) is 0 Å². The average molecular weight is 505 g/mol. The highest BCUT2D eigenvalue weighted by molar-refractivity contribution is 8.02. The maximum atomic E-state index is 14.5. The van der Waals surface area contributed by atoms with Gasteiger partial charge in [0, 0.05) is 21.3 Å². The van der Waals surface area contributed by atoms with E-state index in [1.54, 1.807) is 34.2 Å². The van der Waals surface area contributed by atoms with Gasteiger partial charge in [-0.2, -0.15) is 0 Å². The first-order chi connectivity index (χ1) is 16.5. The van der Waals surface area contributed by atoms with Crippen LogP contribution in [-0.4, -0.2) is 5.91 Å². The summed E-state index contributed by atoms with van der Waals surface area (Å²) < 4.78 is 0. The van der Waals surface area contributed by atoms with Crippen molar-refractivity contribution in [1.29, 1.82) is 0 Å². The average Bonchev–Trinajstić information content (AvgIpc) is 3.37. The molecule has 4 nitrogen and oxygen atoms in total. The number of carbonyl (C=O) groups excluding carboxylic acids is 1. The summed E-state index contributed by atoms with van der Waals surface area (Å²) in [6, 6.07) is 34.1. The number of hydrogen-bond donors (Lipinski definition) is 0. The lowest BCUT2D eigenvalue weighted by Gasteiger charge is -2.43. The Kier molecular flexibility index (Phi) is 5.12. The first-order valence-electron chi connectivity index (χ1n) is 10.7. The number of hydrogen-bond acceptors (Lipinski definition) is 4. The highest BCUT2D eigenvalue weighted by atomic mass is 35.5. The van der Waals surface area contributed by atoms with Crippen molar-refractivity contribution in [3.05, 3.63) is 130 Å². The highest BCUT2D eigenvalue weighted by Gasteiger charge is 2.73. The Morgan fingerprint density at radius 1 is 0.647 bits per heavy atom. The molecule has 0 aliphatic carbocycles. The summed E-state index contributed by atoms with van der Waals surface area (Å²) >= 11 is 13.8. The SMILES string of the molecule is O=C1N(c2ccc(Cl)cc2)[C@@]2(c3ccccc3)ON(c3ccc(Cl)cc3)[C@]1(c1ccccc1)S2. The van der Waals surface area contributed by atoms with Gasteiger partial charge in [0.2, 0.25) is 4.87 Å². The van der Waals surface area contributed by atoms with Gasteiger partial charge in [-0.3, -0.25) is 9.69 Å². The zero-order chi connectivity index (χ0) is 23.3. The Balaban J connectivity index is 1.62. The van der Waals surface area contributed by atoms with E-state index in [1.807, 2.05) is 84.9 Å². The molecule has 2 aliphatic rings. The molecule has 4 aromatic rings. The third-order valence-corrected chi connectivity index (χ3v) is 8.17. The van der Waals surface area contributed by atoms with Gasteiger partial charge in [0.1, 0.15) is 0 Å². The van der Waals surface area contributed by atoms with Crippen LogP contribution in [0.3, 0.4) is 0 Å². The molecule has 2 atom stereocenters. The first kappa shape index (κ1) is 21.6. The van der Waals surface area contributed by atoms with Gasteiger partial charge in [0.15, 0.2) is 0 Å². The molecule has 0 spiro atoms. The van der Waals surface area contributed by atoms with Crippen LogP contribution >= 0.6 is 35.0 Å². The fraction of sp³-hybridized carbons (Fsp3) is 0.0741. The number of anilines is 2. The number of benzene rings is 4. The number of nitrogens with zero attached hydrogens (tertiary/aromatic N) is 2. The van der Waals surface area contributed by atoms with Crippen molar-refractivity contribution >= 4 is 52.2 Å². The van der Waals surface area contributed by atoms with Crippen LogP contribution < -0.4 is 9.96 Å². The van der Waals surface area contributed by atoms with Gasteiger partial charge in [-0.05, 0) is 54.1 Å². The zero-order valence-corrected chi connectivity index (χ0v) is 20.1.